The van der Waals surface area contributed by atoms with E-state index in [0.29, 0.717) is 17.8 Å². The van der Waals surface area contributed by atoms with Gasteiger partial charge in [0, 0.05) is 43.9 Å². The summed E-state index contributed by atoms with van der Waals surface area (Å²) in [7, 11) is 1.55. The van der Waals surface area contributed by atoms with Gasteiger partial charge in [0.05, 0.1) is 12.7 Å². The molecule has 1 aromatic heterocycles. The highest BCUT2D eigenvalue weighted by Crippen LogP contribution is 2.23. The van der Waals surface area contributed by atoms with Crippen molar-refractivity contribution in [2.45, 2.75) is 31.8 Å². The number of aromatic nitrogens is 1. The van der Waals surface area contributed by atoms with E-state index in [-0.39, 0.29) is 29.5 Å². The van der Waals surface area contributed by atoms with Crippen molar-refractivity contribution in [1.82, 2.24) is 20.9 Å². The van der Waals surface area contributed by atoms with Crippen LogP contribution in [0, 0.1) is 0 Å². The number of amides is 2. The van der Waals surface area contributed by atoms with Crippen molar-refractivity contribution in [3.8, 4) is 0 Å². The van der Waals surface area contributed by atoms with Gasteiger partial charge in [0.15, 0.2) is 0 Å². The molecule has 2 unspecified atom stereocenters. The lowest BCUT2D eigenvalue weighted by Crippen LogP contribution is -2.38. The van der Waals surface area contributed by atoms with E-state index in [1.54, 1.807) is 19.2 Å². The number of ether oxygens (including phenoxy) is 1. The van der Waals surface area contributed by atoms with Crippen molar-refractivity contribution < 1.29 is 14.3 Å². The zero-order valence-electron chi connectivity index (χ0n) is 17.6. The van der Waals surface area contributed by atoms with Crippen LogP contribution in [0.5, 0.6) is 0 Å². The molecule has 0 spiro atoms. The van der Waals surface area contributed by atoms with Gasteiger partial charge in [0.2, 0.25) is 0 Å². The highest BCUT2D eigenvalue weighted by Gasteiger charge is 2.18. The van der Waals surface area contributed by atoms with Crippen LogP contribution in [0.1, 0.15) is 57.8 Å². The third-order valence-electron chi connectivity index (χ3n) is 5.30. The molecule has 1 aliphatic rings. The van der Waals surface area contributed by atoms with Crippen molar-refractivity contribution in [2.24, 2.45) is 0 Å². The van der Waals surface area contributed by atoms with Crippen molar-refractivity contribution in [3.05, 3.63) is 65.0 Å². The Morgan fingerprint density at radius 3 is 2.73 bits per heavy atom. The van der Waals surface area contributed by atoms with Gasteiger partial charge in [-0.25, -0.2) is 4.98 Å². The highest BCUT2D eigenvalue weighted by atomic mass is 16.5. The molecule has 2 aromatic rings. The molecule has 30 heavy (non-hydrogen) atoms. The molecular weight excluding hydrogens is 380 g/mol. The summed E-state index contributed by atoms with van der Waals surface area (Å²) in [6.07, 6.45) is 1.93. The second-order valence-electron chi connectivity index (χ2n) is 7.47. The fourth-order valence-corrected chi connectivity index (χ4v) is 3.50. The average Bonchev–Trinajstić information content (AvgIpc) is 2.81. The van der Waals surface area contributed by atoms with Gasteiger partial charge < -0.3 is 20.7 Å². The summed E-state index contributed by atoms with van der Waals surface area (Å²) in [5.74, 6) is -0.557. The van der Waals surface area contributed by atoms with Gasteiger partial charge in [-0.15, -0.1) is 0 Å². The number of carbonyl (C=O) groups is 2. The quantitative estimate of drug-likeness (QED) is 0.580. The molecular formula is C23H30N4O3. The zero-order valence-corrected chi connectivity index (χ0v) is 17.6. The van der Waals surface area contributed by atoms with E-state index < -0.39 is 0 Å². The Hall–Kier alpha value is -2.77. The summed E-state index contributed by atoms with van der Waals surface area (Å²) in [5.41, 5.74) is 2.45. The van der Waals surface area contributed by atoms with Gasteiger partial charge in [-0.2, -0.15) is 0 Å². The molecule has 2 atom stereocenters. The van der Waals surface area contributed by atoms with Crippen molar-refractivity contribution in [2.75, 3.05) is 33.3 Å². The van der Waals surface area contributed by atoms with Crippen LogP contribution in [-0.4, -0.2) is 56.2 Å². The predicted octanol–water partition coefficient (Wildman–Crippen LogP) is 2.09. The zero-order chi connectivity index (χ0) is 21.3. The van der Waals surface area contributed by atoms with Crippen LogP contribution in [0.25, 0.3) is 0 Å². The van der Waals surface area contributed by atoms with Crippen molar-refractivity contribution in [1.29, 1.82) is 0 Å². The first-order chi connectivity index (χ1) is 14.6. The van der Waals surface area contributed by atoms with Crippen LogP contribution >= 0.6 is 0 Å². The van der Waals surface area contributed by atoms with E-state index >= 15 is 0 Å². The molecule has 1 aromatic carbocycles. The van der Waals surface area contributed by atoms with Gasteiger partial charge in [-0.3, -0.25) is 9.59 Å². The first kappa shape index (κ1) is 21.9. The predicted molar refractivity (Wildman–Crippen MR) is 116 cm³/mol. The molecule has 3 N–H and O–H groups in total. The Bertz CT molecular complexity index is 851. The number of benzene rings is 1. The molecule has 2 heterocycles. The van der Waals surface area contributed by atoms with E-state index in [9.17, 15) is 9.59 Å². The maximum Gasteiger partial charge on any atom is 0.269 e. The largest absolute Gasteiger partial charge is 0.376 e. The first-order valence-corrected chi connectivity index (χ1v) is 10.5. The Kier molecular flexibility index (Phi) is 7.93. The van der Waals surface area contributed by atoms with E-state index in [4.69, 9.17) is 4.74 Å². The molecule has 1 fully saturated rings. The topological polar surface area (TPSA) is 92.4 Å². The number of rotatable bonds is 8. The minimum atomic E-state index is -0.312. The molecule has 160 valence electrons. The first-order valence-electron chi connectivity index (χ1n) is 10.5. The van der Waals surface area contributed by atoms with E-state index in [1.165, 1.54) is 0 Å². The molecule has 0 radical (unpaired) electrons. The third-order valence-corrected chi connectivity index (χ3v) is 5.30. The number of nitrogens with one attached hydrogen (secondary N) is 3. The summed E-state index contributed by atoms with van der Waals surface area (Å²) < 4.78 is 5.68. The van der Waals surface area contributed by atoms with Gasteiger partial charge >= 0.3 is 0 Å². The second kappa shape index (κ2) is 10.8. The Labute approximate surface area is 177 Å². The van der Waals surface area contributed by atoms with Crippen LogP contribution in [0.3, 0.4) is 0 Å². The molecule has 1 aliphatic heterocycles. The standard InChI is InChI=1S/C23H30N4O3/c1-16(17-7-4-3-5-8-17)20-13-18(14-21(27-20)23(29)24-2)22(28)26-10-6-9-19-15-25-11-12-30-19/h3-5,7-8,13-14,16,19,25H,6,9-12,15H2,1-2H3,(H,24,29)(H,26,28). The molecule has 0 aliphatic carbocycles. The molecule has 0 saturated carbocycles. The van der Waals surface area contributed by atoms with E-state index in [0.717, 1.165) is 38.1 Å². The Morgan fingerprint density at radius 1 is 1.23 bits per heavy atom. The highest BCUT2D eigenvalue weighted by molar-refractivity contribution is 5.98. The van der Waals surface area contributed by atoms with E-state index in [2.05, 4.69) is 20.9 Å². The minimum absolute atomic E-state index is 0.0432. The smallest absolute Gasteiger partial charge is 0.269 e. The maximum atomic E-state index is 12.8. The summed E-state index contributed by atoms with van der Waals surface area (Å²) in [4.78, 5) is 29.5. The summed E-state index contributed by atoms with van der Waals surface area (Å²) in [6.45, 7) is 5.06. The average molecular weight is 411 g/mol. The third kappa shape index (κ3) is 5.87. The van der Waals surface area contributed by atoms with Crippen molar-refractivity contribution >= 4 is 11.8 Å². The molecule has 7 heteroatoms. The molecule has 1 saturated heterocycles. The lowest BCUT2D eigenvalue weighted by molar-refractivity contribution is 0.0225. The summed E-state index contributed by atoms with van der Waals surface area (Å²) >= 11 is 0. The van der Waals surface area contributed by atoms with Gasteiger partial charge in [-0.1, -0.05) is 37.3 Å². The Morgan fingerprint density at radius 2 is 2.03 bits per heavy atom. The van der Waals surface area contributed by atoms with Gasteiger partial charge in [0.1, 0.15) is 5.69 Å². The van der Waals surface area contributed by atoms with Gasteiger partial charge in [0.25, 0.3) is 11.8 Å². The fourth-order valence-electron chi connectivity index (χ4n) is 3.50. The summed E-state index contributed by atoms with van der Waals surface area (Å²) in [6, 6.07) is 13.2. The maximum absolute atomic E-state index is 12.8. The molecule has 0 bridgehead atoms. The Balaban J connectivity index is 1.69. The van der Waals surface area contributed by atoms with Crippen LogP contribution in [-0.2, 0) is 4.74 Å². The normalized spacial score (nSPS) is 17.2. The molecule has 7 nitrogen and oxygen atoms in total. The minimum Gasteiger partial charge on any atom is -0.376 e. The van der Waals surface area contributed by atoms with E-state index in [1.807, 2.05) is 37.3 Å². The number of carbonyl (C=O) groups excluding carboxylic acids is 2. The molecule has 3 rings (SSSR count). The van der Waals surface area contributed by atoms with Crippen LogP contribution < -0.4 is 16.0 Å². The molecule has 2 amide bonds. The second-order valence-corrected chi connectivity index (χ2v) is 7.47. The number of nitrogens with zero attached hydrogens (tertiary/aromatic N) is 1. The number of hydrogen-bond donors (Lipinski definition) is 3. The van der Waals surface area contributed by atoms with Crippen molar-refractivity contribution in [3.63, 3.8) is 0 Å². The van der Waals surface area contributed by atoms with Crippen LogP contribution in [0.2, 0.25) is 0 Å². The number of morpholine rings is 1. The fraction of sp³-hybridized carbons (Fsp3) is 0.435. The monoisotopic (exact) mass is 410 g/mol. The SMILES string of the molecule is CNC(=O)c1cc(C(=O)NCCCC2CNCCO2)cc(C(C)c2ccccc2)n1. The lowest BCUT2D eigenvalue weighted by Gasteiger charge is -2.23. The number of pyridine rings is 1. The van der Waals surface area contributed by atoms with Crippen LogP contribution in [0.4, 0.5) is 0 Å². The van der Waals surface area contributed by atoms with Gasteiger partial charge in [-0.05, 0) is 30.5 Å². The number of hydrogen-bond acceptors (Lipinski definition) is 5. The van der Waals surface area contributed by atoms with Crippen LogP contribution in [0.15, 0.2) is 42.5 Å². The summed E-state index contributed by atoms with van der Waals surface area (Å²) in [5, 5.41) is 8.85. The lowest BCUT2D eigenvalue weighted by atomic mass is 9.96.